The number of rotatable bonds is 17. The van der Waals surface area contributed by atoms with Crippen LogP contribution in [0.1, 0.15) is 89.9 Å². The van der Waals surface area contributed by atoms with Crippen LogP contribution in [0.2, 0.25) is 0 Å². The predicted molar refractivity (Wildman–Crippen MR) is 120 cm³/mol. The molecule has 1 aromatic carbocycles. The molecule has 0 saturated heterocycles. The first-order valence-corrected chi connectivity index (χ1v) is 11.3. The molecular weight excluding hydrogens is 364 g/mol. The Morgan fingerprint density at radius 1 is 0.724 bits per heavy atom. The number of para-hydroxylation sites is 2. The first-order chi connectivity index (χ1) is 14.2. The standard InChI is InChI=1S/C24H40N2O3/c1-25-23(27)19-13-11-9-7-5-3-4-6-8-10-12-14-20-24(28)26-21-17-15-16-18-22(21)29-2/h15-18H,3-14,19-20H2,1-2H3,(H,25,27)(H,26,28). The normalized spacial score (nSPS) is 10.6. The Balaban J connectivity index is 1.87. The number of carbonyl (C=O) groups excluding carboxylic acids is 2. The van der Waals surface area contributed by atoms with Crippen LogP contribution in [0.5, 0.6) is 5.75 Å². The topological polar surface area (TPSA) is 67.4 Å². The quantitative estimate of drug-likeness (QED) is 0.320. The zero-order valence-corrected chi connectivity index (χ0v) is 18.4. The summed E-state index contributed by atoms with van der Waals surface area (Å²) in [4.78, 5) is 23.2. The first-order valence-electron chi connectivity index (χ1n) is 11.3. The van der Waals surface area contributed by atoms with Gasteiger partial charge in [0.2, 0.25) is 11.8 Å². The van der Waals surface area contributed by atoms with Gasteiger partial charge in [0.05, 0.1) is 12.8 Å². The summed E-state index contributed by atoms with van der Waals surface area (Å²) in [6, 6.07) is 7.50. The van der Waals surface area contributed by atoms with Crippen molar-refractivity contribution in [2.45, 2.75) is 89.9 Å². The van der Waals surface area contributed by atoms with Crippen molar-refractivity contribution in [3.8, 4) is 5.75 Å². The molecule has 0 radical (unpaired) electrons. The van der Waals surface area contributed by atoms with E-state index in [-0.39, 0.29) is 11.8 Å². The Bertz CT molecular complexity index is 575. The van der Waals surface area contributed by atoms with Crippen LogP contribution in [0.15, 0.2) is 24.3 Å². The van der Waals surface area contributed by atoms with Crippen LogP contribution in [-0.4, -0.2) is 26.0 Å². The zero-order chi connectivity index (χ0) is 21.2. The highest BCUT2D eigenvalue weighted by atomic mass is 16.5. The van der Waals surface area contributed by atoms with Gasteiger partial charge in [-0.3, -0.25) is 9.59 Å². The lowest BCUT2D eigenvalue weighted by Gasteiger charge is -2.09. The number of carbonyl (C=O) groups is 2. The number of methoxy groups -OCH3 is 1. The van der Waals surface area contributed by atoms with E-state index in [4.69, 9.17) is 4.74 Å². The SMILES string of the molecule is CNC(=O)CCCCCCCCCCCCCCC(=O)Nc1ccccc1OC. The summed E-state index contributed by atoms with van der Waals surface area (Å²) in [5.41, 5.74) is 0.742. The molecule has 0 saturated carbocycles. The highest BCUT2D eigenvalue weighted by Gasteiger charge is 2.06. The second kappa shape index (κ2) is 16.9. The molecule has 1 rings (SSSR count). The summed E-state index contributed by atoms with van der Waals surface area (Å²) < 4.78 is 5.25. The predicted octanol–water partition coefficient (Wildman–Crippen LogP) is 5.84. The molecule has 5 heteroatoms. The van der Waals surface area contributed by atoms with Crippen LogP contribution in [0.25, 0.3) is 0 Å². The second-order valence-electron chi connectivity index (χ2n) is 7.66. The highest BCUT2D eigenvalue weighted by molar-refractivity contribution is 5.92. The lowest BCUT2D eigenvalue weighted by molar-refractivity contribution is -0.120. The molecule has 0 aliphatic carbocycles. The monoisotopic (exact) mass is 404 g/mol. The van der Waals surface area contributed by atoms with Crippen LogP contribution in [0.3, 0.4) is 0 Å². The van der Waals surface area contributed by atoms with E-state index in [9.17, 15) is 9.59 Å². The molecule has 164 valence electrons. The molecule has 0 heterocycles. The van der Waals surface area contributed by atoms with Gasteiger partial charge in [-0.25, -0.2) is 0 Å². The molecule has 1 aromatic rings. The van der Waals surface area contributed by atoms with Crippen LogP contribution in [-0.2, 0) is 9.59 Å². The van der Waals surface area contributed by atoms with Crippen molar-refractivity contribution in [2.24, 2.45) is 0 Å². The molecule has 0 unspecified atom stereocenters. The summed E-state index contributed by atoms with van der Waals surface area (Å²) in [5, 5.41) is 5.59. The fourth-order valence-electron chi connectivity index (χ4n) is 3.42. The second-order valence-corrected chi connectivity index (χ2v) is 7.66. The van der Waals surface area contributed by atoms with Crippen LogP contribution in [0.4, 0.5) is 5.69 Å². The van der Waals surface area contributed by atoms with E-state index in [1.54, 1.807) is 14.2 Å². The maximum absolute atomic E-state index is 12.0. The van der Waals surface area contributed by atoms with E-state index < -0.39 is 0 Å². The van der Waals surface area contributed by atoms with Gasteiger partial charge < -0.3 is 15.4 Å². The van der Waals surface area contributed by atoms with Gasteiger partial charge in [0.25, 0.3) is 0 Å². The van der Waals surface area contributed by atoms with Gasteiger partial charge in [0.1, 0.15) is 5.75 Å². The van der Waals surface area contributed by atoms with Crippen LogP contribution in [0, 0.1) is 0 Å². The van der Waals surface area contributed by atoms with Crippen molar-refractivity contribution < 1.29 is 14.3 Å². The maximum Gasteiger partial charge on any atom is 0.224 e. The fourth-order valence-corrected chi connectivity index (χ4v) is 3.42. The van der Waals surface area contributed by atoms with E-state index in [2.05, 4.69) is 10.6 Å². The first kappa shape index (κ1) is 25.0. The molecule has 2 N–H and O–H groups in total. The van der Waals surface area contributed by atoms with Crippen molar-refractivity contribution in [3.05, 3.63) is 24.3 Å². The number of amides is 2. The molecule has 29 heavy (non-hydrogen) atoms. The third kappa shape index (κ3) is 12.9. The Morgan fingerprint density at radius 3 is 1.66 bits per heavy atom. The molecule has 5 nitrogen and oxygen atoms in total. The Morgan fingerprint density at radius 2 is 1.17 bits per heavy atom. The summed E-state index contributed by atoms with van der Waals surface area (Å²) >= 11 is 0. The van der Waals surface area contributed by atoms with Crippen molar-refractivity contribution >= 4 is 17.5 Å². The largest absolute Gasteiger partial charge is 0.495 e. The number of anilines is 1. The summed E-state index contributed by atoms with van der Waals surface area (Å²) in [5.74, 6) is 0.914. The van der Waals surface area contributed by atoms with E-state index in [0.717, 1.165) is 31.4 Å². The lowest BCUT2D eigenvalue weighted by Crippen LogP contribution is -2.16. The van der Waals surface area contributed by atoms with Crippen molar-refractivity contribution in [1.29, 1.82) is 0 Å². The van der Waals surface area contributed by atoms with Gasteiger partial charge in [0, 0.05) is 19.9 Å². The average molecular weight is 405 g/mol. The number of ether oxygens (including phenoxy) is 1. The third-order valence-electron chi connectivity index (χ3n) is 5.22. The minimum Gasteiger partial charge on any atom is -0.495 e. The van der Waals surface area contributed by atoms with Crippen molar-refractivity contribution in [2.75, 3.05) is 19.5 Å². The average Bonchev–Trinajstić information content (AvgIpc) is 2.74. The van der Waals surface area contributed by atoms with Crippen molar-refractivity contribution in [1.82, 2.24) is 5.32 Å². The Labute approximate surface area is 177 Å². The van der Waals surface area contributed by atoms with E-state index in [1.807, 2.05) is 24.3 Å². The molecule has 0 fully saturated rings. The van der Waals surface area contributed by atoms with Crippen LogP contribution >= 0.6 is 0 Å². The van der Waals surface area contributed by atoms with Gasteiger partial charge in [-0.1, -0.05) is 76.3 Å². The van der Waals surface area contributed by atoms with Gasteiger partial charge >= 0.3 is 0 Å². The zero-order valence-electron chi connectivity index (χ0n) is 18.4. The summed E-state index contributed by atoms with van der Waals surface area (Å²) in [6.07, 6.45) is 15.7. The number of unbranched alkanes of at least 4 members (excludes halogenated alkanes) is 11. The lowest BCUT2D eigenvalue weighted by atomic mass is 10.0. The van der Waals surface area contributed by atoms with Crippen molar-refractivity contribution in [3.63, 3.8) is 0 Å². The number of nitrogens with one attached hydrogen (secondary N) is 2. The Hall–Kier alpha value is -2.04. The summed E-state index contributed by atoms with van der Waals surface area (Å²) in [7, 11) is 3.31. The number of hydrogen-bond acceptors (Lipinski definition) is 3. The molecule has 0 aromatic heterocycles. The Kier molecular flexibility index (Phi) is 14.5. The molecule has 0 aliphatic rings. The third-order valence-corrected chi connectivity index (χ3v) is 5.22. The molecule has 0 aliphatic heterocycles. The maximum atomic E-state index is 12.0. The molecule has 0 spiro atoms. The van der Waals surface area contributed by atoms with E-state index >= 15 is 0 Å². The highest BCUT2D eigenvalue weighted by Crippen LogP contribution is 2.23. The number of hydrogen-bond donors (Lipinski definition) is 2. The minimum absolute atomic E-state index is 0.0600. The number of benzene rings is 1. The van der Waals surface area contributed by atoms with Gasteiger partial charge in [-0.15, -0.1) is 0 Å². The van der Waals surface area contributed by atoms with E-state index in [0.29, 0.717) is 18.6 Å². The fraction of sp³-hybridized carbons (Fsp3) is 0.667. The molecule has 0 bridgehead atoms. The van der Waals surface area contributed by atoms with Gasteiger partial charge in [-0.05, 0) is 25.0 Å². The summed E-state index contributed by atoms with van der Waals surface area (Å²) in [6.45, 7) is 0. The minimum atomic E-state index is 0.0600. The smallest absolute Gasteiger partial charge is 0.224 e. The van der Waals surface area contributed by atoms with Crippen LogP contribution < -0.4 is 15.4 Å². The van der Waals surface area contributed by atoms with Gasteiger partial charge in [0.15, 0.2) is 0 Å². The molecule has 0 atom stereocenters. The van der Waals surface area contributed by atoms with Gasteiger partial charge in [-0.2, -0.15) is 0 Å². The van der Waals surface area contributed by atoms with E-state index in [1.165, 1.54) is 51.4 Å². The molecule has 2 amide bonds. The molecular formula is C24H40N2O3.